The van der Waals surface area contributed by atoms with Gasteiger partial charge in [0, 0.05) is 5.57 Å². The van der Waals surface area contributed by atoms with E-state index >= 15 is 0 Å². The largest absolute Gasteiger partial charge is 0.393 e. The van der Waals surface area contributed by atoms with Crippen molar-refractivity contribution in [1.29, 1.82) is 0 Å². The highest BCUT2D eigenvalue weighted by molar-refractivity contribution is 5.76. The molecule has 3 nitrogen and oxygen atoms in total. The number of carbonyl (C=O) groups excluding carboxylic acids is 1. The van der Waals surface area contributed by atoms with Gasteiger partial charge in [-0.2, -0.15) is 0 Å². The highest BCUT2D eigenvalue weighted by atomic mass is 16.3. The number of hydrogen-bond acceptors (Lipinski definition) is 3. The first-order valence-corrected chi connectivity index (χ1v) is 6.81. The van der Waals surface area contributed by atoms with Crippen LogP contribution in [-0.4, -0.2) is 29.2 Å². The molecule has 2 saturated carbocycles. The van der Waals surface area contributed by atoms with Crippen molar-refractivity contribution in [3.8, 4) is 0 Å². The van der Waals surface area contributed by atoms with Gasteiger partial charge in [-0.1, -0.05) is 26.3 Å². The fraction of sp³-hybridized carbons (Fsp3) is 0.800. The van der Waals surface area contributed by atoms with E-state index in [1.54, 1.807) is 0 Å². The van der Waals surface area contributed by atoms with Gasteiger partial charge in [0.1, 0.15) is 6.29 Å². The highest BCUT2D eigenvalue weighted by Crippen LogP contribution is 2.59. The summed E-state index contributed by atoms with van der Waals surface area (Å²) in [4.78, 5) is 11.0. The number of aliphatic hydroxyl groups is 2. The lowest BCUT2D eigenvalue weighted by Gasteiger charge is -2.49. The van der Waals surface area contributed by atoms with Crippen molar-refractivity contribution in [3.63, 3.8) is 0 Å². The van der Waals surface area contributed by atoms with Crippen LogP contribution in [0, 0.1) is 16.7 Å². The van der Waals surface area contributed by atoms with Crippen molar-refractivity contribution in [2.24, 2.45) is 16.7 Å². The van der Waals surface area contributed by atoms with E-state index in [0.717, 1.165) is 37.5 Å². The van der Waals surface area contributed by atoms with Crippen LogP contribution in [0.25, 0.3) is 0 Å². The van der Waals surface area contributed by atoms with Crippen LogP contribution in [0.5, 0.6) is 0 Å². The third kappa shape index (κ3) is 2.04. The van der Waals surface area contributed by atoms with Gasteiger partial charge in [0.25, 0.3) is 0 Å². The van der Waals surface area contributed by atoms with Crippen LogP contribution in [-0.2, 0) is 4.79 Å². The van der Waals surface area contributed by atoms with E-state index in [1.165, 1.54) is 0 Å². The maximum Gasteiger partial charge on any atom is 0.148 e. The molecule has 0 saturated heterocycles. The Morgan fingerprint density at radius 3 is 2.39 bits per heavy atom. The summed E-state index contributed by atoms with van der Waals surface area (Å²) in [5.74, 6) is 0.220. The predicted molar refractivity (Wildman–Crippen MR) is 70.0 cm³/mol. The van der Waals surface area contributed by atoms with Crippen molar-refractivity contribution >= 4 is 6.29 Å². The molecular formula is C15H24O3. The summed E-state index contributed by atoms with van der Waals surface area (Å²) in [5.41, 5.74) is 1.68. The Balaban J connectivity index is 2.28. The summed E-state index contributed by atoms with van der Waals surface area (Å²) in [7, 11) is 0. The summed E-state index contributed by atoms with van der Waals surface area (Å²) >= 11 is 0. The summed E-state index contributed by atoms with van der Waals surface area (Å²) < 4.78 is 0. The molecule has 0 aromatic rings. The minimum atomic E-state index is -0.285. The summed E-state index contributed by atoms with van der Waals surface area (Å²) in [6.07, 6.45) is 4.21. The quantitative estimate of drug-likeness (QED) is 0.597. The third-order valence-corrected chi connectivity index (χ3v) is 5.10. The Bertz CT molecular complexity index is 383. The lowest BCUT2D eigenvalue weighted by Crippen LogP contribution is -2.42. The third-order valence-electron chi connectivity index (χ3n) is 5.10. The molecule has 0 aromatic carbocycles. The zero-order valence-corrected chi connectivity index (χ0v) is 11.6. The molecule has 0 aromatic heterocycles. The van der Waals surface area contributed by atoms with Crippen molar-refractivity contribution < 1.29 is 15.0 Å². The van der Waals surface area contributed by atoms with Crippen LogP contribution in [0.15, 0.2) is 11.1 Å². The van der Waals surface area contributed by atoms with Crippen molar-refractivity contribution in [3.05, 3.63) is 11.1 Å². The maximum absolute atomic E-state index is 11.0. The number of hydrogen-bond donors (Lipinski definition) is 2. The monoisotopic (exact) mass is 252 g/mol. The topological polar surface area (TPSA) is 57.5 Å². The minimum absolute atomic E-state index is 0.0911. The molecule has 3 unspecified atom stereocenters. The van der Waals surface area contributed by atoms with Crippen molar-refractivity contribution in [1.82, 2.24) is 0 Å². The first-order chi connectivity index (χ1) is 8.34. The molecular weight excluding hydrogens is 228 g/mol. The number of carbonyl (C=O) groups is 1. The summed E-state index contributed by atoms with van der Waals surface area (Å²) in [6.45, 7) is 6.34. The van der Waals surface area contributed by atoms with Crippen LogP contribution < -0.4 is 0 Å². The lowest BCUT2D eigenvalue weighted by atomic mass is 9.56. The molecule has 0 radical (unpaired) electrons. The number of allylic oxidation sites excluding steroid dienone is 1. The summed E-state index contributed by atoms with van der Waals surface area (Å²) in [5, 5.41) is 19.6. The first-order valence-electron chi connectivity index (χ1n) is 6.81. The van der Waals surface area contributed by atoms with Crippen LogP contribution >= 0.6 is 0 Å². The van der Waals surface area contributed by atoms with Gasteiger partial charge in [0.2, 0.25) is 0 Å². The molecule has 0 aliphatic heterocycles. The van der Waals surface area contributed by atoms with Gasteiger partial charge in [-0.3, -0.25) is 4.79 Å². The molecule has 2 N–H and O–H groups in total. The fourth-order valence-electron chi connectivity index (χ4n) is 3.96. The van der Waals surface area contributed by atoms with Crippen molar-refractivity contribution in [2.75, 3.05) is 6.61 Å². The standard InChI is InChI=1S/C15H24O3/c1-14(2)6-12(13(18)7-14)15(3)5-4-11(15)10(8-16)9-17/h8,12-13,17-18H,4-7,9H2,1-3H3. The fourth-order valence-corrected chi connectivity index (χ4v) is 3.96. The number of aldehydes is 1. The van der Waals surface area contributed by atoms with E-state index < -0.39 is 0 Å². The Kier molecular flexibility index (Phi) is 3.41. The smallest absolute Gasteiger partial charge is 0.148 e. The van der Waals surface area contributed by atoms with Crippen LogP contribution in [0.4, 0.5) is 0 Å². The van der Waals surface area contributed by atoms with Gasteiger partial charge in [-0.15, -0.1) is 0 Å². The van der Waals surface area contributed by atoms with Gasteiger partial charge >= 0.3 is 0 Å². The van der Waals surface area contributed by atoms with Crippen LogP contribution in [0.2, 0.25) is 0 Å². The Labute approximate surface area is 109 Å². The van der Waals surface area contributed by atoms with Gasteiger partial charge in [-0.25, -0.2) is 0 Å². The molecule has 0 spiro atoms. The van der Waals surface area contributed by atoms with E-state index in [-0.39, 0.29) is 29.5 Å². The lowest BCUT2D eigenvalue weighted by molar-refractivity contribution is -0.105. The number of aliphatic hydroxyl groups excluding tert-OH is 2. The van der Waals surface area contributed by atoms with E-state index in [4.69, 9.17) is 0 Å². The zero-order chi connectivity index (χ0) is 13.6. The predicted octanol–water partition coefficient (Wildman–Crippen LogP) is 2.07. The second-order valence-corrected chi connectivity index (χ2v) is 6.94. The zero-order valence-electron chi connectivity index (χ0n) is 11.6. The van der Waals surface area contributed by atoms with Gasteiger partial charge in [-0.05, 0) is 42.4 Å². The van der Waals surface area contributed by atoms with E-state index in [0.29, 0.717) is 5.57 Å². The Hall–Kier alpha value is -0.670. The molecule has 2 fully saturated rings. The average Bonchev–Trinajstić information content (AvgIpc) is 2.57. The van der Waals surface area contributed by atoms with Crippen molar-refractivity contribution in [2.45, 2.75) is 52.6 Å². The van der Waals surface area contributed by atoms with E-state index in [1.807, 2.05) is 0 Å². The minimum Gasteiger partial charge on any atom is -0.393 e. The van der Waals surface area contributed by atoms with Gasteiger partial charge in [0.15, 0.2) is 0 Å². The normalized spacial score (nSPS) is 41.4. The Morgan fingerprint density at radius 1 is 1.39 bits per heavy atom. The van der Waals surface area contributed by atoms with E-state index in [2.05, 4.69) is 20.8 Å². The maximum atomic E-state index is 11.0. The molecule has 0 bridgehead atoms. The number of rotatable bonds is 3. The SMILES string of the molecule is CC1(C)CC(O)C(C2(C)CCC2=C(C=O)CO)C1. The second-order valence-electron chi connectivity index (χ2n) is 6.94. The molecule has 2 aliphatic carbocycles. The molecule has 0 heterocycles. The molecule has 18 heavy (non-hydrogen) atoms. The molecule has 3 atom stereocenters. The molecule has 2 aliphatic rings. The molecule has 3 heteroatoms. The Morgan fingerprint density at radius 2 is 2.06 bits per heavy atom. The second kappa shape index (κ2) is 4.46. The highest BCUT2D eigenvalue weighted by Gasteiger charge is 2.53. The summed E-state index contributed by atoms with van der Waals surface area (Å²) in [6, 6.07) is 0. The average molecular weight is 252 g/mol. The van der Waals surface area contributed by atoms with Gasteiger partial charge in [0.05, 0.1) is 12.7 Å². The van der Waals surface area contributed by atoms with Gasteiger partial charge < -0.3 is 10.2 Å². The van der Waals surface area contributed by atoms with Crippen LogP contribution in [0.1, 0.15) is 46.5 Å². The van der Waals surface area contributed by atoms with E-state index in [9.17, 15) is 15.0 Å². The molecule has 0 amide bonds. The first kappa shape index (κ1) is 13.8. The van der Waals surface area contributed by atoms with Crippen LogP contribution in [0.3, 0.4) is 0 Å². The molecule has 102 valence electrons. The molecule has 2 rings (SSSR count).